The normalized spacial score (nSPS) is 34.4. The van der Waals surface area contributed by atoms with E-state index in [-0.39, 0.29) is 0 Å². The van der Waals surface area contributed by atoms with Gasteiger partial charge in [0.2, 0.25) is 0 Å². The van der Waals surface area contributed by atoms with Crippen molar-refractivity contribution >= 4 is 0 Å². The third kappa shape index (κ3) is 1.14. The lowest BCUT2D eigenvalue weighted by molar-refractivity contribution is 0.328. The van der Waals surface area contributed by atoms with Crippen LogP contribution in [0.5, 0.6) is 0 Å². The molecule has 2 aliphatic rings. The fourth-order valence-corrected chi connectivity index (χ4v) is 2.25. The van der Waals surface area contributed by atoms with E-state index < -0.39 is 0 Å². The highest BCUT2D eigenvalue weighted by Crippen LogP contribution is 2.34. The summed E-state index contributed by atoms with van der Waals surface area (Å²) in [6.07, 6.45) is 2.21. The zero-order chi connectivity index (χ0) is 8.77. The Morgan fingerprint density at radius 3 is 2.75 bits per heavy atom. The predicted molar refractivity (Wildman–Crippen MR) is 50.8 cm³/mol. The number of hydrogen-bond donors (Lipinski definition) is 2. The van der Waals surface area contributed by atoms with Crippen LogP contribution in [-0.2, 0) is 0 Å². The summed E-state index contributed by atoms with van der Waals surface area (Å²) in [5.74, 6) is 0.759. The van der Waals surface area contributed by atoms with E-state index in [4.69, 9.17) is 0 Å². The first-order valence-electron chi connectivity index (χ1n) is 4.76. The van der Waals surface area contributed by atoms with Gasteiger partial charge in [0.15, 0.2) is 0 Å². The number of rotatable bonds is 0. The Bertz CT molecular complexity index is 212. The molecule has 2 unspecified atom stereocenters. The molecule has 0 aromatic heterocycles. The molecule has 68 valence electrons. The molecule has 12 heavy (non-hydrogen) atoms. The first-order chi connectivity index (χ1) is 5.59. The fraction of sp³-hybridized carbons (Fsp3) is 0.800. The van der Waals surface area contributed by atoms with Gasteiger partial charge in [0.1, 0.15) is 0 Å². The van der Waals surface area contributed by atoms with Gasteiger partial charge >= 0.3 is 0 Å². The molecule has 2 N–H and O–H groups in total. The van der Waals surface area contributed by atoms with Gasteiger partial charge in [-0.1, -0.05) is 20.8 Å². The molecule has 2 nitrogen and oxygen atoms in total. The van der Waals surface area contributed by atoms with Crippen LogP contribution in [0.25, 0.3) is 0 Å². The minimum atomic E-state index is 0.354. The van der Waals surface area contributed by atoms with Crippen LogP contribution in [0.15, 0.2) is 11.8 Å². The highest BCUT2D eigenvalue weighted by molar-refractivity contribution is 5.26. The second-order valence-electron chi connectivity index (χ2n) is 4.96. The average molecular weight is 166 g/mol. The Kier molecular flexibility index (Phi) is 1.69. The van der Waals surface area contributed by atoms with Gasteiger partial charge in [0.05, 0.1) is 0 Å². The zero-order valence-electron chi connectivity index (χ0n) is 8.15. The van der Waals surface area contributed by atoms with Crippen molar-refractivity contribution < 1.29 is 0 Å². The number of fused-ring (bicyclic) bond motifs is 1. The maximum atomic E-state index is 3.59. The van der Waals surface area contributed by atoms with E-state index in [1.807, 2.05) is 0 Å². The smallest absolute Gasteiger partial charge is 0.0349 e. The van der Waals surface area contributed by atoms with Crippen LogP contribution in [0.2, 0.25) is 0 Å². The van der Waals surface area contributed by atoms with Crippen molar-refractivity contribution in [2.24, 2.45) is 11.3 Å². The molecule has 0 aromatic carbocycles. The Balaban J connectivity index is 2.19. The number of hydrogen-bond acceptors (Lipinski definition) is 2. The fourth-order valence-electron chi connectivity index (χ4n) is 2.25. The monoisotopic (exact) mass is 166 g/mol. The second kappa shape index (κ2) is 2.49. The molecule has 0 radical (unpaired) electrons. The SMILES string of the molecule is CC(C)(C)C1NCC2CNC=C21. The molecule has 0 aromatic rings. The molecule has 2 atom stereocenters. The van der Waals surface area contributed by atoms with Gasteiger partial charge in [-0.05, 0) is 17.2 Å². The average Bonchev–Trinajstić information content (AvgIpc) is 2.37. The summed E-state index contributed by atoms with van der Waals surface area (Å²) in [5.41, 5.74) is 1.94. The summed E-state index contributed by atoms with van der Waals surface area (Å²) < 4.78 is 0. The van der Waals surface area contributed by atoms with Gasteiger partial charge in [0, 0.05) is 25.0 Å². The third-order valence-corrected chi connectivity index (χ3v) is 2.87. The summed E-state index contributed by atoms with van der Waals surface area (Å²) in [4.78, 5) is 0. The first kappa shape index (κ1) is 8.11. The van der Waals surface area contributed by atoms with Crippen LogP contribution in [0, 0.1) is 11.3 Å². The zero-order valence-corrected chi connectivity index (χ0v) is 8.15. The first-order valence-corrected chi connectivity index (χ1v) is 4.76. The van der Waals surface area contributed by atoms with Gasteiger partial charge in [-0.15, -0.1) is 0 Å². The molecule has 0 spiro atoms. The van der Waals surface area contributed by atoms with E-state index in [1.54, 1.807) is 5.57 Å². The van der Waals surface area contributed by atoms with Crippen molar-refractivity contribution in [3.63, 3.8) is 0 Å². The minimum Gasteiger partial charge on any atom is -0.390 e. The van der Waals surface area contributed by atoms with Gasteiger partial charge in [-0.2, -0.15) is 0 Å². The topological polar surface area (TPSA) is 24.1 Å². The molecular weight excluding hydrogens is 148 g/mol. The second-order valence-corrected chi connectivity index (χ2v) is 4.96. The lowest BCUT2D eigenvalue weighted by Gasteiger charge is -2.28. The van der Waals surface area contributed by atoms with Crippen molar-refractivity contribution in [3.05, 3.63) is 11.8 Å². The minimum absolute atomic E-state index is 0.354. The summed E-state index contributed by atoms with van der Waals surface area (Å²) >= 11 is 0. The standard InChI is InChI=1S/C10H18N2/c1-10(2,3)9-8-6-11-4-7(8)5-12-9/h6-7,9,11-12H,4-5H2,1-3H3. The van der Waals surface area contributed by atoms with Gasteiger partial charge in [0.25, 0.3) is 0 Å². The van der Waals surface area contributed by atoms with Crippen LogP contribution in [-0.4, -0.2) is 19.1 Å². The summed E-state index contributed by atoms with van der Waals surface area (Å²) in [5, 5.41) is 6.91. The lowest BCUT2D eigenvalue weighted by atomic mass is 9.82. The van der Waals surface area contributed by atoms with Crippen LogP contribution < -0.4 is 10.6 Å². The van der Waals surface area contributed by atoms with Crippen LogP contribution in [0.4, 0.5) is 0 Å². The molecular formula is C10H18N2. The molecule has 2 heterocycles. The molecule has 2 rings (SSSR count). The molecule has 1 saturated heterocycles. The largest absolute Gasteiger partial charge is 0.390 e. The molecule has 2 aliphatic heterocycles. The lowest BCUT2D eigenvalue weighted by Crippen LogP contribution is -2.36. The maximum Gasteiger partial charge on any atom is 0.0349 e. The Morgan fingerprint density at radius 1 is 1.33 bits per heavy atom. The van der Waals surface area contributed by atoms with Crippen molar-refractivity contribution in [3.8, 4) is 0 Å². The van der Waals surface area contributed by atoms with Gasteiger partial charge < -0.3 is 10.6 Å². The van der Waals surface area contributed by atoms with Crippen molar-refractivity contribution in [1.29, 1.82) is 0 Å². The molecule has 0 bridgehead atoms. The molecule has 0 aliphatic carbocycles. The third-order valence-electron chi connectivity index (χ3n) is 2.87. The predicted octanol–water partition coefficient (Wildman–Crippen LogP) is 1.11. The summed E-state index contributed by atoms with van der Waals surface area (Å²) in [6.45, 7) is 9.18. The van der Waals surface area contributed by atoms with E-state index in [2.05, 4.69) is 37.6 Å². The summed E-state index contributed by atoms with van der Waals surface area (Å²) in [7, 11) is 0. The Hall–Kier alpha value is -0.500. The number of nitrogens with one attached hydrogen (secondary N) is 2. The Morgan fingerprint density at radius 2 is 2.08 bits per heavy atom. The van der Waals surface area contributed by atoms with E-state index >= 15 is 0 Å². The van der Waals surface area contributed by atoms with Crippen LogP contribution in [0.3, 0.4) is 0 Å². The van der Waals surface area contributed by atoms with E-state index in [0.717, 1.165) is 19.0 Å². The van der Waals surface area contributed by atoms with Gasteiger partial charge in [-0.3, -0.25) is 0 Å². The van der Waals surface area contributed by atoms with E-state index in [0.29, 0.717) is 11.5 Å². The van der Waals surface area contributed by atoms with Gasteiger partial charge in [-0.25, -0.2) is 0 Å². The summed E-state index contributed by atoms with van der Waals surface area (Å²) in [6, 6.07) is 0.581. The van der Waals surface area contributed by atoms with E-state index in [9.17, 15) is 0 Å². The molecule has 1 fully saturated rings. The Labute approximate surface area is 74.4 Å². The van der Waals surface area contributed by atoms with Crippen LogP contribution in [0.1, 0.15) is 20.8 Å². The van der Waals surface area contributed by atoms with Crippen molar-refractivity contribution in [2.45, 2.75) is 26.8 Å². The van der Waals surface area contributed by atoms with Crippen molar-refractivity contribution in [2.75, 3.05) is 13.1 Å². The van der Waals surface area contributed by atoms with Crippen LogP contribution >= 0.6 is 0 Å². The van der Waals surface area contributed by atoms with E-state index in [1.165, 1.54) is 0 Å². The molecule has 0 saturated carbocycles. The molecule has 0 amide bonds. The quantitative estimate of drug-likeness (QED) is 0.563. The highest BCUT2D eigenvalue weighted by Gasteiger charge is 2.38. The maximum absolute atomic E-state index is 3.59. The highest BCUT2D eigenvalue weighted by atomic mass is 15.0. The molecule has 2 heteroatoms. The van der Waals surface area contributed by atoms with Crippen molar-refractivity contribution in [1.82, 2.24) is 10.6 Å².